The molecule has 3 aromatic rings. The summed E-state index contributed by atoms with van der Waals surface area (Å²) in [6.45, 7) is 1.75. The number of hydrazone groups is 1. The minimum atomic E-state index is -0.545. The van der Waals surface area contributed by atoms with Gasteiger partial charge in [0.1, 0.15) is 18.2 Å². The van der Waals surface area contributed by atoms with Crippen LogP contribution in [0.1, 0.15) is 27.9 Å². The first-order valence-electron chi connectivity index (χ1n) is 11.2. The van der Waals surface area contributed by atoms with Crippen LogP contribution >= 0.6 is 0 Å². The molecule has 0 saturated heterocycles. The molecule has 0 unspecified atom stereocenters. The van der Waals surface area contributed by atoms with Crippen molar-refractivity contribution in [3.8, 4) is 23.4 Å². The first kappa shape index (κ1) is 27.6. The Morgan fingerprint density at radius 2 is 1.89 bits per heavy atom. The molecule has 1 amide bonds. The molecule has 0 radical (unpaired) electrons. The summed E-state index contributed by atoms with van der Waals surface area (Å²) in [5.74, 6) is 0.406. The smallest absolute Gasteiger partial charge is 0.278 e. The van der Waals surface area contributed by atoms with Crippen LogP contribution in [0.2, 0.25) is 0 Å². The number of hydrogen-bond acceptors (Lipinski definition) is 10. The molecule has 0 saturated carbocycles. The summed E-state index contributed by atoms with van der Waals surface area (Å²) in [5.41, 5.74) is 5.19. The van der Waals surface area contributed by atoms with E-state index in [2.05, 4.69) is 15.5 Å². The van der Waals surface area contributed by atoms with E-state index in [9.17, 15) is 20.2 Å². The molecule has 0 atom stereocenters. The fraction of sp³-hybridized carbons (Fsp3) is 0.231. The van der Waals surface area contributed by atoms with Gasteiger partial charge >= 0.3 is 0 Å². The number of aromatic nitrogens is 1. The predicted octanol–water partition coefficient (Wildman–Crippen LogP) is 3.43. The number of nitro groups is 1. The van der Waals surface area contributed by atoms with E-state index in [1.54, 1.807) is 43.3 Å². The second kappa shape index (κ2) is 13.3. The molecular formula is C26H25N5O7. The standard InChI is InChI=1S/C26H25N5O7/c1-17-10-20(15-35-2)22(12-27)26(29-17)38-16-25(32)30-28-13-19-6-9-23(24(11-19)36-3)37-14-18-4-7-21(8-5-18)31(33)34/h4-11,13H,14-16H2,1-3H3,(H,30,32). The quantitative estimate of drug-likeness (QED) is 0.215. The van der Waals surface area contributed by atoms with Crippen LogP contribution in [-0.2, 0) is 22.7 Å². The number of non-ortho nitro benzene ring substituents is 1. The molecule has 0 aliphatic rings. The molecule has 196 valence electrons. The highest BCUT2D eigenvalue weighted by Gasteiger charge is 2.14. The van der Waals surface area contributed by atoms with Crippen molar-refractivity contribution in [2.45, 2.75) is 20.1 Å². The van der Waals surface area contributed by atoms with Crippen molar-refractivity contribution in [2.24, 2.45) is 5.10 Å². The number of methoxy groups -OCH3 is 2. The van der Waals surface area contributed by atoms with E-state index >= 15 is 0 Å². The fourth-order valence-electron chi connectivity index (χ4n) is 3.31. The number of nitro benzene ring substituents is 1. The molecule has 1 aromatic heterocycles. The molecule has 0 bridgehead atoms. The Morgan fingerprint density at radius 3 is 2.55 bits per heavy atom. The molecule has 12 nitrogen and oxygen atoms in total. The molecule has 12 heteroatoms. The van der Waals surface area contributed by atoms with E-state index < -0.39 is 17.4 Å². The highest BCUT2D eigenvalue weighted by molar-refractivity contribution is 5.83. The molecule has 3 rings (SSSR count). The van der Waals surface area contributed by atoms with Crippen LogP contribution in [-0.4, -0.2) is 42.9 Å². The Bertz CT molecular complexity index is 1370. The summed E-state index contributed by atoms with van der Waals surface area (Å²) < 4.78 is 21.7. The van der Waals surface area contributed by atoms with E-state index in [1.807, 2.05) is 6.07 Å². The third-order valence-electron chi connectivity index (χ3n) is 5.08. The summed E-state index contributed by atoms with van der Waals surface area (Å²) in [5, 5.41) is 24.1. The van der Waals surface area contributed by atoms with Crippen molar-refractivity contribution < 1.29 is 28.7 Å². The van der Waals surface area contributed by atoms with Gasteiger partial charge < -0.3 is 18.9 Å². The molecule has 1 heterocycles. The van der Waals surface area contributed by atoms with E-state index in [1.165, 1.54) is 32.6 Å². The number of nitrogens with one attached hydrogen (secondary N) is 1. The van der Waals surface area contributed by atoms with Crippen LogP contribution in [0.25, 0.3) is 0 Å². The van der Waals surface area contributed by atoms with E-state index in [0.29, 0.717) is 28.3 Å². The Kier molecular flexibility index (Phi) is 9.67. The number of aryl methyl sites for hydroxylation is 1. The molecule has 1 N–H and O–H groups in total. The summed E-state index contributed by atoms with van der Waals surface area (Å²) in [6, 6.07) is 14.9. The Labute approximate surface area is 218 Å². The van der Waals surface area contributed by atoms with Gasteiger partial charge in [0.15, 0.2) is 18.1 Å². The zero-order chi connectivity index (χ0) is 27.5. The Hall–Kier alpha value is -5.02. The van der Waals surface area contributed by atoms with Gasteiger partial charge in [-0.25, -0.2) is 10.4 Å². The van der Waals surface area contributed by atoms with Gasteiger partial charge in [-0.3, -0.25) is 14.9 Å². The number of nitrogens with zero attached hydrogens (tertiary/aromatic N) is 4. The maximum Gasteiger partial charge on any atom is 0.278 e. The number of nitriles is 1. The van der Waals surface area contributed by atoms with E-state index in [4.69, 9.17) is 18.9 Å². The minimum absolute atomic E-state index is 0.00332. The second-order valence-electron chi connectivity index (χ2n) is 7.85. The molecule has 0 aliphatic heterocycles. The van der Waals surface area contributed by atoms with E-state index in [-0.39, 0.29) is 30.3 Å². The van der Waals surface area contributed by atoms with Crippen molar-refractivity contribution in [1.29, 1.82) is 5.26 Å². The minimum Gasteiger partial charge on any atom is -0.493 e. The van der Waals surface area contributed by atoms with Crippen molar-refractivity contribution in [3.63, 3.8) is 0 Å². The van der Waals surface area contributed by atoms with E-state index in [0.717, 1.165) is 5.56 Å². The lowest BCUT2D eigenvalue weighted by Gasteiger charge is -2.11. The summed E-state index contributed by atoms with van der Waals surface area (Å²) in [7, 11) is 3.00. The summed E-state index contributed by atoms with van der Waals surface area (Å²) in [6.07, 6.45) is 1.42. The fourth-order valence-corrected chi connectivity index (χ4v) is 3.31. The number of pyridine rings is 1. The number of benzene rings is 2. The topological polar surface area (TPSA) is 158 Å². The molecular weight excluding hydrogens is 494 g/mol. The zero-order valence-electron chi connectivity index (χ0n) is 21.0. The van der Waals surface area contributed by atoms with Gasteiger partial charge in [-0.2, -0.15) is 10.4 Å². The van der Waals surface area contributed by atoms with Gasteiger partial charge in [0.05, 0.1) is 24.9 Å². The van der Waals surface area contributed by atoms with Crippen LogP contribution < -0.4 is 19.6 Å². The number of rotatable bonds is 12. The number of carbonyl (C=O) groups excluding carboxylic acids is 1. The van der Waals surface area contributed by atoms with Crippen molar-refractivity contribution in [2.75, 3.05) is 20.8 Å². The highest BCUT2D eigenvalue weighted by atomic mass is 16.6. The lowest BCUT2D eigenvalue weighted by molar-refractivity contribution is -0.384. The average molecular weight is 520 g/mol. The number of hydrogen-bond donors (Lipinski definition) is 1. The van der Waals surface area contributed by atoms with Gasteiger partial charge in [-0.1, -0.05) is 0 Å². The van der Waals surface area contributed by atoms with Gasteiger partial charge in [-0.05, 0) is 54.4 Å². The molecule has 38 heavy (non-hydrogen) atoms. The number of ether oxygens (including phenoxy) is 4. The third kappa shape index (κ3) is 7.49. The van der Waals surface area contributed by atoms with Crippen LogP contribution in [0, 0.1) is 28.4 Å². The Morgan fingerprint density at radius 1 is 1.13 bits per heavy atom. The normalized spacial score (nSPS) is 10.6. The van der Waals surface area contributed by atoms with Crippen LogP contribution in [0.3, 0.4) is 0 Å². The van der Waals surface area contributed by atoms with Crippen molar-refractivity contribution >= 4 is 17.8 Å². The largest absolute Gasteiger partial charge is 0.493 e. The number of carbonyl (C=O) groups is 1. The monoisotopic (exact) mass is 519 g/mol. The van der Waals surface area contributed by atoms with Crippen LogP contribution in [0.5, 0.6) is 17.4 Å². The lowest BCUT2D eigenvalue weighted by atomic mass is 10.1. The first-order valence-corrected chi connectivity index (χ1v) is 11.2. The highest BCUT2D eigenvalue weighted by Crippen LogP contribution is 2.28. The molecule has 2 aromatic carbocycles. The molecule has 0 fully saturated rings. The van der Waals surface area contributed by atoms with Gasteiger partial charge in [0.2, 0.25) is 5.88 Å². The van der Waals surface area contributed by atoms with Gasteiger partial charge in [0, 0.05) is 30.5 Å². The molecule has 0 spiro atoms. The first-order chi connectivity index (χ1) is 18.3. The molecule has 0 aliphatic carbocycles. The van der Waals surface area contributed by atoms with Gasteiger partial charge in [0.25, 0.3) is 11.6 Å². The third-order valence-corrected chi connectivity index (χ3v) is 5.08. The van der Waals surface area contributed by atoms with Crippen LogP contribution in [0.15, 0.2) is 53.6 Å². The maximum atomic E-state index is 12.2. The summed E-state index contributed by atoms with van der Waals surface area (Å²) in [4.78, 5) is 26.7. The van der Waals surface area contributed by atoms with Crippen molar-refractivity contribution in [3.05, 3.63) is 86.6 Å². The second-order valence-corrected chi connectivity index (χ2v) is 7.85. The van der Waals surface area contributed by atoms with Crippen LogP contribution in [0.4, 0.5) is 5.69 Å². The summed E-state index contributed by atoms with van der Waals surface area (Å²) >= 11 is 0. The number of amides is 1. The Balaban J connectivity index is 1.56. The predicted molar refractivity (Wildman–Crippen MR) is 136 cm³/mol. The lowest BCUT2D eigenvalue weighted by Crippen LogP contribution is -2.25. The van der Waals surface area contributed by atoms with Gasteiger partial charge in [-0.15, -0.1) is 0 Å². The average Bonchev–Trinajstić information content (AvgIpc) is 2.91. The SMILES string of the molecule is COCc1cc(C)nc(OCC(=O)NN=Cc2ccc(OCc3ccc([N+](=O)[O-])cc3)c(OC)c2)c1C#N. The maximum absolute atomic E-state index is 12.2. The van der Waals surface area contributed by atoms with Crippen molar-refractivity contribution in [1.82, 2.24) is 10.4 Å². The zero-order valence-corrected chi connectivity index (χ0v) is 21.0.